The summed E-state index contributed by atoms with van der Waals surface area (Å²) >= 11 is 0. The molecule has 3 N–H and O–H groups in total. The summed E-state index contributed by atoms with van der Waals surface area (Å²) in [5.41, 5.74) is 3.54. The van der Waals surface area contributed by atoms with E-state index in [2.05, 4.69) is 41.2 Å². The lowest BCUT2D eigenvalue weighted by Gasteiger charge is -2.31. The van der Waals surface area contributed by atoms with Gasteiger partial charge in [0.25, 0.3) is 0 Å². The molecule has 0 unspecified atom stereocenters. The number of aliphatic hydroxyl groups is 2. The van der Waals surface area contributed by atoms with Crippen LogP contribution in [0.1, 0.15) is 62.2 Å². The molecule has 0 bridgehead atoms. The number of anilines is 2. The third kappa shape index (κ3) is 4.57. The van der Waals surface area contributed by atoms with Gasteiger partial charge in [-0.25, -0.2) is 9.97 Å². The number of nitrogens with zero attached hydrogens (tertiary/aromatic N) is 3. The Labute approximate surface area is 161 Å². The van der Waals surface area contributed by atoms with Crippen LogP contribution >= 0.6 is 0 Å². The van der Waals surface area contributed by atoms with Gasteiger partial charge in [0.05, 0.1) is 12.7 Å². The van der Waals surface area contributed by atoms with Gasteiger partial charge in [0.15, 0.2) is 0 Å². The quantitative estimate of drug-likeness (QED) is 0.725. The summed E-state index contributed by atoms with van der Waals surface area (Å²) in [5.74, 6) is 2.68. The first-order chi connectivity index (χ1) is 12.9. The molecule has 1 aliphatic heterocycles. The predicted octanol–water partition coefficient (Wildman–Crippen LogP) is 3.01. The standard InChI is InChI=1S/C21H30N4O2/c1-13(2)21-23-19(22-14(3)12-26)10-20(24-21)25-8-7-17-9-16(15(4)27)5-6-18(17)11-25/h5-6,9-10,13-15,26-27H,7-8,11-12H2,1-4H3,(H,22,23,24)/t14-,15-/m0/s1. The van der Waals surface area contributed by atoms with Crippen molar-refractivity contribution in [3.05, 3.63) is 46.8 Å². The van der Waals surface area contributed by atoms with E-state index in [1.54, 1.807) is 6.92 Å². The summed E-state index contributed by atoms with van der Waals surface area (Å²) in [6.45, 7) is 9.61. The lowest BCUT2D eigenvalue weighted by Crippen LogP contribution is -2.32. The maximum Gasteiger partial charge on any atom is 0.135 e. The second-order valence-corrected chi connectivity index (χ2v) is 7.73. The van der Waals surface area contributed by atoms with Gasteiger partial charge in [-0.3, -0.25) is 0 Å². The van der Waals surface area contributed by atoms with Crippen LogP contribution < -0.4 is 10.2 Å². The molecule has 6 nitrogen and oxygen atoms in total. The van der Waals surface area contributed by atoms with Gasteiger partial charge in [-0.1, -0.05) is 32.0 Å². The van der Waals surface area contributed by atoms with Gasteiger partial charge in [-0.2, -0.15) is 0 Å². The van der Waals surface area contributed by atoms with E-state index in [0.717, 1.165) is 42.5 Å². The number of hydrogen-bond donors (Lipinski definition) is 3. The minimum atomic E-state index is -0.439. The fourth-order valence-electron chi connectivity index (χ4n) is 3.27. The fraction of sp³-hybridized carbons (Fsp3) is 0.524. The van der Waals surface area contributed by atoms with Crippen molar-refractivity contribution in [3.8, 4) is 0 Å². The predicted molar refractivity (Wildman–Crippen MR) is 108 cm³/mol. The first-order valence-corrected chi connectivity index (χ1v) is 9.68. The third-order valence-electron chi connectivity index (χ3n) is 4.96. The molecule has 27 heavy (non-hydrogen) atoms. The molecule has 3 rings (SSSR count). The molecule has 2 heterocycles. The van der Waals surface area contributed by atoms with Crippen LogP contribution in [0.3, 0.4) is 0 Å². The third-order valence-corrected chi connectivity index (χ3v) is 4.96. The van der Waals surface area contributed by atoms with E-state index in [4.69, 9.17) is 4.98 Å². The highest BCUT2D eigenvalue weighted by atomic mass is 16.3. The Kier molecular flexibility index (Phi) is 5.97. The SMILES string of the molecule is CC(C)c1nc(N[C@@H](C)CO)cc(N2CCc3cc([C@H](C)O)ccc3C2)n1. The minimum absolute atomic E-state index is 0.0546. The molecule has 2 aromatic rings. The van der Waals surface area contributed by atoms with E-state index in [0.29, 0.717) is 0 Å². The highest BCUT2D eigenvalue weighted by molar-refractivity contribution is 5.52. The molecule has 0 saturated heterocycles. The van der Waals surface area contributed by atoms with Crippen LogP contribution in [0.2, 0.25) is 0 Å². The number of aliphatic hydroxyl groups excluding tert-OH is 2. The molecule has 0 aliphatic carbocycles. The highest BCUT2D eigenvalue weighted by Gasteiger charge is 2.20. The monoisotopic (exact) mass is 370 g/mol. The van der Waals surface area contributed by atoms with E-state index < -0.39 is 6.10 Å². The van der Waals surface area contributed by atoms with Crippen molar-refractivity contribution in [2.75, 3.05) is 23.4 Å². The molecule has 0 amide bonds. The second kappa shape index (κ2) is 8.23. The molecule has 1 aliphatic rings. The molecule has 0 radical (unpaired) electrons. The van der Waals surface area contributed by atoms with Gasteiger partial charge < -0.3 is 20.4 Å². The van der Waals surface area contributed by atoms with E-state index in [9.17, 15) is 10.2 Å². The molecule has 6 heteroatoms. The maximum atomic E-state index is 9.81. The molecular formula is C21H30N4O2. The maximum absolute atomic E-state index is 9.81. The van der Waals surface area contributed by atoms with E-state index in [1.165, 1.54) is 11.1 Å². The fourth-order valence-corrected chi connectivity index (χ4v) is 3.27. The van der Waals surface area contributed by atoms with Gasteiger partial charge in [-0.15, -0.1) is 0 Å². The Balaban J connectivity index is 1.87. The van der Waals surface area contributed by atoms with Crippen molar-refractivity contribution in [1.29, 1.82) is 0 Å². The highest BCUT2D eigenvalue weighted by Crippen LogP contribution is 2.28. The topological polar surface area (TPSA) is 81.5 Å². The first kappa shape index (κ1) is 19.6. The van der Waals surface area contributed by atoms with Crippen LogP contribution in [0.15, 0.2) is 24.3 Å². The first-order valence-electron chi connectivity index (χ1n) is 9.68. The van der Waals surface area contributed by atoms with Gasteiger partial charge >= 0.3 is 0 Å². The summed E-state index contributed by atoms with van der Waals surface area (Å²) in [5, 5.41) is 22.4. The van der Waals surface area contributed by atoms with Crippen LogP contribution in [0.25, 0.3) is 0 Å². The number of hydrogen-bond acceptors (Lipinski definition) is 6. The van der Waals surface area contributed by atoms with Gasteiger partial charge in [-0.05, 0) is 37.0 Å². The smallest absolute Gasteiger partial charge is 0.135 e. The van der Waals surface area contributed by atoms with E-state index >= 15 is 0 Å². The zero-order chi connectivity index (χ0) is 19.6. The average Bonchev–Trinajstić information content (AvgIpc) is 2.66. The van der Waals surface area contributed by atoms with Crippen molar-refractivity contribution >= 4 is 11.6 Å². The van der Waals surface area contributed by atoms with Crippen molar-refractivity contribution < 1.29 is 10.2 Å². The Morgan fingerprint density at radius 2 is 1.89 bits per heavy atom. The molecule has 1 aromatic carbocycles. The molecular weight excluding hydrogens is 340 g/mol. The van der Waals surface area contributed by atoms with Crippen molar-refractivity contribution in [1.82, 2.24) is 9.97 Å². The number of fused-ring (bicyclic) bond motifs is 1. The van der Waals surface area contributed by atoms with Gasteiger partial charge in [0.1, 0.15) is 17.5 Å². The summed E-state index contributed by atoms with van der Waals surface area (Å²) in [6, 6.07) is 8.14. The summed E-state index contributed by atoms with van der Waals surface area (Å²) < 4.78 is 0. The number of aromatic nitrogens is 2. The Bertz CT molecular complexity index is 792. The Morgan fingerprint density at radius 1 is 1.11 bits per heavy atom. The second-order valence-electron chi connectivity index (χ2n) is 7.73. The van der Waals surface area contributed by atoms with Crippen LogP contribution in [-0.4, -0.2) is 39.4 Å². The molecule has 0 saturated carbocycles. The lowest BCUT2D eigenvalue weighted by atomic mass is 9.96. The summed E-state index contributed by atoms with van der Waals surface area (Å²) in [6.07, 6.45) is 0.484. The Morgan fingerprint density at radius 3 is 2.56 bits per heavy atom. The van der Waals surface area contributed by atoms with E-state index in [-0.39, 0.29) is 18.6 Å². The van der Waals surface area contributed by atoms with Crippen molar-refractivity contribution in [2.45, 2.75) is 58.7 Å². The normalized spacial score (nSPS) is 16.2. The molecule has 146 valence electrons. The Hall–Kier alpha value is -2.18. The van der Waals surface area contributed by atoms with Crippen LogP contribution in [0.4, 0.5) is 11.6 Å². The zero-order valence-corrected chi connectivity index (χ0v) is 16.6. The minimum Gasteiger partial charge on any atom is -0.394 e. The number of nitrogens with one attached hydrogen (secondary N) is 1. The molecule has 2 atom stereocenters. The van der Waals surface area contributed by atoms with Crippen LogP contribution in [0.5, 0.6) is 0 Å². The lowest BCUT2D eigenvalue weighted by molar-refractivity contribution is 0.199. The van der Waals surface area contributed by atoms with Gasteiger partial charge in [0, 0.05) is 31.1 Å². The number of rotatable bonds is 6. The van der Waals surface area contributed by atoms with Crippen LogP contribution in [-0.2, 0) is 13.0 Å². The average molecular weight is 370 g/mol. The largest absolute Gasteiger partial charge is 0.394 e. The van der Waals surface area contributed by atoms with Crippen LogP contribution in [0, 0.1) is 0 Å². The molecule has 0 fully saturated rings. The molecule has 1 aromatic heterocycles. The summed E-state index contributed by atoms with van der Waals surface area (Å²) in [4.78, 5) is 11.7. The van der Waals surface area contributed by atoms with Crippen molar-refractivity contribution in [2.24, 2.45) is 0 Å². The van der Waals surface area contributed by atoms with Gasteiger partial charge in [0.2, 0.25) is 0 Å². The number of benzene rings is 1. The zero-order valence-electron chi connectivity index (χ0n) is 16.6. The van der Waals surface area contributed by atoms with E-state index in [1.807, 2.05) is 19.1 Å². The van der Waals surface area contributed by atoms with Crippen molar-refractivity contribution in [3.63, 3.8) is 0 Å². The summed E-state index contributed by atoms with van der Waals surface area (Å²) in [7, 11) is 0. The molecule has 0 spiro atoms.